The fraction of sp³-hybridized carbons (Fsp3) is 0.375. The van der Waals surface area contributed by atoms with Gasteiger partial charge in [0.1, 0.15) is 0 Å². The minimum Gasteiger partial charge on any atom is -0.490 e. The van der Waals surface area contributed by atoms with Crippen LogP contribution >= 0.6 is 0 Å². The number of fused-ring (bicyclic) bond motifs is 2. The Morgan fingerprint density at radius 2 is 1.93 bits per heavy atom. The number of carbonyl (C=O) groups is 1. The van der Waals surface area contributed by atoms with Crippen LogP contribution in [0.4, 0.5) is 0 Å². The predicted molar refractivity (Wildman–Crippen MR) is 113 cm³/mol. The third kappa shape index (κ3) is 3.29. The molecule has 150 valence electrons. The lowest BCUT2D eigenvalue weighted by atomic mass is 9.99. The summed E-state index contributed by atoms with van der Waals surface area (Å²) in [5.74, 6) is 1.81. The molecule has 1 N–H and O–H groups in total. The topological polar surface area (TPSA) is 54.6 Å². The van der Waals surface area contributed by atoms with E-state index in [9.17, 15) is 4.79 Å². The Morgan fingerprint density at radius 1 is 1.10 bits per heavy atom. The van der Waals surface area contributed by atoms with E-state index in [0.29, 0.717) is 13.2 Å². The van der Waals surface area contributed by atoms with E-state index in [4.69, 9.17) is 9.47 Å². The van der Waals surface area contributed by atoms with Crippen LogP contribution in [0.25, 0.3) is 10.9 Å². The van der Waals surface area contributed by atoms with E-state index >= 15 is 0 Å². The molecule has 0 aliphatic carbocycles. The summed E-state index contributed by atoms with van der Waals surface area (Å²) in [6.07, 6.45) is 4.88. The summed E-state index contributed by atoms with van der Waals surface area (Å²) in [5, 5.41) is 0.996. The molecule has 3 aromatic rings. The van der Waals surface area contributed by atoms with E-state index < -0.39 is 0 Å². The molecule has 0 spiro atoms. The molecule has 2 aliphatic heterocycles. The Bertz CT molecular complexity index is 1040. The van der Waals surface area contributed by atoms with E-state index in [-0.39, 0.29) is 17.9 Å². The Labute approximate surface area is 170 Å². The van der Waals surface area contributed by atoms with Crippen molar-refractivity contribution in [1.29, 1.82) is 0 Å². The number of ketones is 1. The lowest BCUT2D eigenvalue weighted by Crippen LogP contribution is -2.38. The van der Waals surface area contributed by atoms with Gasteiger partial charge in [-0.05, 0) is 50.1 Å². The number of nitrogens with zero attached hydrogens (tertiary/aromatic N) is 1. The SMILES string of the molecule is C[C@@H](C(=O)c1c[nH]c2ccccc12)N1CCC[C@H]1c1ccc2c(c1)OCCCO2. The van der Waals surface area contributed by atoms with Gasteiger partial charge in [0.15, 0.2) is 17.3 Å². The molecule has 1 saturated heterocycles. The van der Waals surface area contributed by atoms with Crippen molar-refractivity contribution >= 4 is 16.7 Å². The average Bonchev–Trinajstić information content (AvgIpc) is 3.34. The highest BCUT2D eigenvalue weighted by Crippen LogP contribution is 2.39. The number of hydrogen-bond acceptors (Lipinski definition) is 4. The highest BCUT2D eigenvalue weighted by atomic mass is 16.5. The van der Waals surface area contributed by atoms with Crippen molar-refractivity contribution in [3.05, 3.63) is 59.8 Å². The van der Waals surface area contributed by atoms with E-state index in [1.807, 2.05) is 43.5 Å². The first kappa shape index (κ1) is 18.3. The quantitative estimate of drug-likeness (QED) is 0.654. The lowest BCUT2D eigenvalue weighted by Gasteiger charge is -2.30. The van der Waals surface area contributed by atoms with Gasteiger partial charge in [0.25, 0.3) is 0 Å². The molecule has 0 radical (unpaired) electrons. The van der Waals surface area contributed by atoms with E-state index in [0.717, 1.165) is 53.8 Å². The Balaban J connectivity index is 1.42. The van der Waals surface area contributed by atoms with Crippen LogP contribution in [0.1, 0.15) is 48.1 Å². The lowest BCUT2D eigenvalue weighted by molar-refractivity contribution is 0.0821. The van der Waals surface area contributed by atoms with Crippen molar-refractivity contribution in [2.75, 3.05) is 19.8 Å². The van der Waals surface area contributed by atoms with E-state index in [1.165, 1.54) is 5.56 Å². The summed E-state index contributed by atoms with van der Waals surface area (Å²) in [6, 6.07) is 14.3. The number of aromatic amines is 1. The van der Waals surface area contributed by atoms with Crippen LogP contribution in [0.5, 0.6) is 11.5 Å². The van der Waals surface area contributed by atoms with E-state index in [2.05, 4.69) is 22.0 Å². The summed E-state index contributed by atoms with van der Waals surface area (Å²) in [7, 11) is 0. The maximum atomic E-state index is 13.4. The van der Waals surface area contributed by atoms with Crippen LogP contribution in [0.2, 0.25) is 0 Å². The predicted octanol–water partition coefficient (Wildman–Crippen LogP) is 4.74. The zero-order chi connectivity index (χ0) is 19.8. The zero-order valence-corrected chi connectivity index (χ0v) is 16.7. The average molecular weight is 390 g/mol. The summed E-state index contributed by atoms with van der Waals surface area (Å²) in [6.45, 7) is 4.33. The first-order valence-electron chi connectivity index (χ1n) is 10.5. The normalized spacial score (nSPS) is 20.5. The first-order valence-corrected chi connectivity index (χ1v) is 10.5. The monoisotopic (exact) mass is 390 g/mol. The summed E-state index contributed by atoms with van der Waals surface area (Å²) < 4.78 is 11.7. The number of benzene rings is 2. The Hall–Kier alpha value is -2.79. The molecule has 0 saturated carbocycles. The van der Waals surface area contributed by atoms with Gasteiger partial charge < -0.3 is 14.5 Å². The van der Waals surface area contributed by atoms with E-state index in [1.54, 1.807) is 0 Å². The van der Waals surface area contributed by atoms with Gasteiger partial charge in [-0.3, -0.25) is 9.69 Å². The second-order valence-corrected chi connectivity index (χ2v) is 7.94. The number of H-pyrrole nitrogens is 1. The Morgan fingerprint density at radius 3 is 2.83 bits per heavy atom. The zero-order valence-electron chi connectivity index (χ0n) is 16.7. The van der Waals surface area contributed by atoms with Crippen molar-refractivity contribution < 1.29 is 14.3 Å². The van der Waals surface area contributed by atoms with Crippen LogP contribution in [-0.4, -0.2) is 41.5 Å². The number of ether oxygens (including phenoxy) is 2. The Kier molecular flexibility index (Phi) is 4.76. The molecule has 5 heteroatoms. The third-order valence-electron chi connectivity index (χ3n) is 6.18. The van der Waals surface area contributed by atoms with Crippen LogP contribution in [0.15, 0.2) is 48.7 Å². The van der Waals surface area contributed by atoms with Crippen LogP contribution in [0, 0.1) is 0 Å². The fourth-order valence-corrected chi connectivity index (χ4v) is 4.65. The van der Waals surface area contributed by atoms with Gasteiger partial charge in [0.05, 0.1) is 19.3 Å². The largest absolute Gasteiger partial charge is 0.490 e. The molecular formula is C24H26N2O3. The van der Waals surface area contributed by atoms with Crippen molar-refractivity contribution in [1.82, 2.24) is 9.88 Å². The van der Waals surface area contributed by atoms with Gasteiger partial charge in [0, 0.05) is 35.1 Å². The van der Waals surface area contributed by atoms with Gasteiger partial charge in [-0.25, -0.2) is 0 Å². The van der Waals surface area contributed by atoms with Crippen molar-refractivity contribution in [2.24, 2.45) is 0 Å². The standard InChI is InChI=1S/C24H26N2O3/c1-16(24(27)19-15-25-20-7-3-2-6-18(19)20)26-11-4-8-21(26)17-9-10-22-23(14-17)29-13-5-12-28-22/h2-3,6-7,9-10,14-16,21,25H,4-5,8,11-13H2,1H3/t16-,21-/m0/s1. The van der Waals surface area contributed by atoms with Crippen molar-refractivity contribution in [2.45, 2.75) is 38.3 Å². The molecule has 0 unspecified atom stereocenters. The molecule has 3 heterocycles. The van der Waals surface area contributed by atoms with Gasteiger partial charge in [-0.15, -0.1) is 0 Å². The van der Waals surface area contributed by atoms with Crippen LogP contribution in [0.3, 0.4) is 0 Å². The number of hydrogen-bond donors (Lipinski definition) is 1. The smallest absolute Gasteiger partial charge is 0.181 e. The van der Waals surface area contributed by atoms with Gasteiger partial charge in [-0.1, -0.05) is 24.3 Å². The number of likely N-dealkylation sites (tertiary alicyclic amines) is 1. The van der Waals surface area contributed by atoms with Gasteiger partial charge in [0.2, 0.25) is 0 Å². The second kappa shape index (κ2) is 7.56. The summed E-state index contributed by atoms with van der Waals surface area (Å²) in [4.78, 5) is 18.9. The number of para-hydroxylation sites is 1. The molecule has 2 aromatic carbocycles. The molecule has 2 aliphatic rings. The maximum absolute atomic E-state index is 13.4. The fourth-order valence-electron chi connectivity index (χ4n) is 4.65. The number of Topliss-reactive ketones (excluding diaryl/α,β-unsaturated/α-hetero) is 1. The number of carbonyl (C=O) groups excluding carboxylic acids is 1. The second-order valence-electron chi connectivity index (χ2n) is 7.94. The third-order valence-corrected chi connectivity index (χ3v) is 6.18. The van der Waals surface area contributed by atoms with Crippen molar-refractivity contribution in [3.63, 3.8) is 0 Å². The maximum Gasteiger partial charge on any atom is 0.181 e. The van der Waals surface area contributed by atoms with Crippen LogP contribution in [-0.2, 0) is 0 Å². The summed E-state index contributed by atoms with van der Waals surface area (Å²) >= 11 is 0. The van der Waals surface area contributed by atoms with Crippen molar-refractivity contribution in [3.8, 4) is 11.5 Å². The van der Waals surface area contributed by atoms with Crippen LogP contribution < -0.4 is 9.47 Å². The molecule has 2 atom stereocenters. The number of aromatic nitrogens is 1. The molecule has 5 rings (SSSR count). The summed E-state index contributed by atoms with van der Waals surface area (Å²) in [5.41, 5.74) is 2.98. The molecular weight excluding hydrogens is 364 g/mol. The molecule has 1 fully saturated rings. The molecule has 0 bridgehead atoms. The molecule has 5 nitrogen and oxygen atoms in total. The highest BCUT2D eigenvalue weighted by Gasteiger charge is 2.34. The number of rotatable bonds is 4. The minimum atomic E-state index is -0.183. The van der Waals surface area contributed by atoms with Gasteiger partial charge >= 0.3 is 0 Å². The highest BCUT2D eigenvalue weighted by molar-refractivity contribution is 6.10. The van der Waals surface area contributed by atoms with Gasteiger partial charge in [-0.2, -0.15) is 0 Å². The first-order chi connectivity index (χ1) is 14.2. The minimum absolute atomic E-state index is 0.170. The molecule has 0 amide bonds. The molecule has 1 aromatic heterocycles. The number of nitrogens with one attached hydrogen (secondary N) is 1. The molecule has 29 heavy (non-hydrogen) atoms.